The Bertz CT molecular complexity index is 684. The lowest BCUT2D eigenvalue weighted by atomic mass is 10.1. The molecular formula is C20H26N2O3S. The van der Waals surface area contributed by atoms with E-state index in [0.717, 1.165) is 19.3 Å². The molecule has 6 heteroatoms. The molecule has 0 saturated carbocycles. The normalized spacial score (nSPS) is 14.8. The van der Waals surface area contributed by atoms with Crippen LogP contribution in [0.5, 0.6) is 5.75 Å². The molecule has 0 bridgehead atoms. The smallest absolute Gasteiger partial charge is 0.322 e. The number of amides is 2. The van der Waals surface area contributed by atoms with Crippen molar-refractivity contribution in [1.29, 1.82) is 0 Å². The van der Waals surface area contributed by atoms with Gasteiger partial charge in [-0.05, 0) is 49.8 Å². The lowest BCUT2D eigenvalue weighted by Crippen LogP contribution is -2.46. The van der Waals surface area contributed by atoms with Gasteiger partial charge in [-0.25, -0.2) is 4.79 Å². The molecule has 0 spiro atoms. The Labute approximate surface area is 158 Å². The van der Waals surface area contributed by atoms with Crippen LogP contribution in [0.4, 0.5) is 10.5 Å². The fourth-order valence-corrected chi connectivity index (χ4v) is 3.87. The van der Waals surface area contributed by atoms with Crippen molar-refractivity contribution < 1.29 is 14.3 Å². The van der Waals surface area contributed by atoms with E-state index in [1.807, 2.05) is 36.1 Å². The standard InChI is InChI=1S/C20H26N2O3S/c1-2-25-19-8-4-3-7-18(19)21-20(23)22(16-10-13-24-14-11-16)12-9-17-6-5-15-26-17/h3-8,15-16H,2,9-14H2,1H3,(H,21,23). The summed E-state index contributed by atoms with van der Waals surface area (Å²) in [6.45, 7) is 4.63. The molecule has 140 valence electrons. The van der Waals surface area contributed by atoms with Crippen LogP contribution in [0.3, 0.4) is 0 Å². The highest BCUT2D eigenvalue weighted by Crippen LogP contribution is 2.25. The molecule has 0 aliphatic carbocycles. The van der Waals surface area contributed by atoms with Gasteiger partial charge < -0.3 is 19.7 Å². The van der Waals surface area contributed by atoms with Gasteiger partial charge in [0.05, 0.1) is 12.3 Å². The van der Waals surface area contributed by atoms with Crippen molar-refractivity contribution in [2.75, 3.05) is 31.7 Å². The number of urea groups is 1. The number of carbonyl (C=O) groups excluding carboxylic acids is 1. The van der Waals surface area contributed by atoms with Gasteiger partial charge in [-0.1, -0.05) is 18.2 Å². The Morgan fingerprint density at radius 3 is 2.81 bits per heavy atom. The number of rotatable bonds is 7. The average Bonchev–Trinajstić information content (AvgIpc) is 3.18. The first kappa shape index (κ1) is 18.7. The highest BCUT2D eigenvalue weighted by molar-refractivity contribution is 7.09. The van der Waals surface area contributed by atoms with E-state index in [1.54, 1.807) is 11.3 Å². The van der Waals surface area contributed by atoms with Crippen LogP contribution in [0.2, 0.25) is 0 Å². The number of nitrogens with zero attached hydrogens (tertiary/aromatic N) is 1. The van der Waals surface area contributed by atoms with Crippen LogP contribution in [0, 0.1) is 0 Å². The van der Waals surface area contributed by atoms with Crippen molar-refractivity contribution in [3.05, 3.63) is 46.7 Å². The maximum Gasteiger partial charge on any atom is 0.322 e. The molecule has 1 N–H and O–H groups in total. The number of anilines is 1. The fourth-order valence-electron chi connectivity index (χ4n) is 3.17. The van der Waals surface area contributed by atoms with Crippen LogP contribution >= 0.6 is 11.3 Å². The minimum Gasteiger partial charge on any atom is -0.492 e. The van der Waals surface area contributed by atoms with Gasteiger partial charge in [-0.2, -0.15) is 0 Å². The zero-order chi connectivity index (χ0) is 18.2. The molecule has 0 atom stereocenters. The number of nitrogens with one attached hydrogen (secondary N) is 1. The maximum atomic E-state index is 13.0. The van der Waals surface area contributed by atoms with Crippen molar-refractivity contribution in [2.24, 2.45) is 0 Å². The average molecular weight is 375 g/mol. The molecule has 0 unspecified atom stereocenters. The van der Waals surface area contributed by atoms with Gasteiger partial charge in [0.25, 0.3) is 0 Å². The predicted molar refractivity (Wildman–Crippen MR) is 105 cm³/mol. The van der Waals surface area contributed by atoms with E-state index in [1.165, 1.54) is 4.88 Å². The van der Waals surface area contributed by atoms with E-state index < -0.39 is 0 Å². The van der Waals surface area contributed by atoms with Crippen LogP contribution < -0.4 is 10.1 Å². The number of para-hydroxylation sites is 2. The lowest BCUT2D eigenvalue weighted by molar-refractivity contribution is 0.0483. The number of ether oxygens (including phenoxy) is 2. The van der Waals surface area contributed by atoms with Crippen LogP contribution in [0.15, 0.2) is 41.8 Å². The van der Waals surface area contributed by atoms with Crippen LogP contribution in [0.1, 0.15) is 24.6 Å². The summed E-state index contributed by atoms with van der Waals surface area (Å²) in [5.41, 5.74) is 0.715. The SMILES string of the molecule is CCOc1ccccc1NC(=O)N(CCc1cccs1)C1CCOCC1. The first-order chi connectivity index (χ1) is 12.8. The molecule has 1 aromatic heterocycles. The molecule has 0 radical (unpaired) electrons. The van der Waals surface area contributed by atoms with E-state index in [9.17, 15) is 4.79 Å². The molecule has 1 aliphatic rings. The largest absolute Gasteiger partial charge is 0.492 e. The second kappa shape index (κ2) is 9.59. The van der Waals surface area contributed by atoms with E-state index in [-0.39, 0.29) is 12.1 Å². The Morgan fingerprint density at radius 2 is 2.08 bits per heavy atom. The fraction of sp³-hybridized carbons (Fsp3) is 0.450. The monoisotopic (exact) mass is 374 g/mol. The van der Waals surface area contributed by atoms with E-state index in [0.29, 0.717) is 37.8 Å². The van der Waals surface area contributed by atoms with E-state index in [2.05, 4.69) is 22.8 Å². The van der Waals surface area contributed by atoms with Crippen molar-refractivity contribution in [1.82, 2.24) is 4.90 Å². The van der Waals surface area contributed by atoms with Gasteiger partial charge in [-0.3, -0.25) is 0 Å². The molecule has 2 heterocycles. The predicted octanol–water partition coefficient (Wildman–Crippen LogP) is 4.40. The van der Waals surface area contributed by atoms with E-state index in [4.69, 9.17) is 9.47 Å². The first-order valence-electron chi connectivity index (χ1n) is 9.17. The Balaban J connectivity index is 1.71. The second-order valence-electron chi connectivity index (χ2n) is 6.23. The van der Waals surface area contributed by atoms with Crippen molar-refractivity contribution in [3.8, 4) is 5.75 Å². The molecule has 26 heavy (non-hydrogen) atoms. The lowest BCUT2D eigenvalue weighted by Gasteiger charge is -2.34. The molecule has 1 fully saturated rings. The zero-order valence-electron chi connectivity index (χ0n) is 15.1. The Morgan fingerprint density at radius 1 is 1.27 bits per heavy atom. The number of thiophene rings is 1. The van der Waals surface area contributed by atoms with Gasteiger partial charge in [0.1, 0.15) is 5.75 Å². The minimum atomic E-state index is -0.0689. The summed E-state index contributed by atoms with van der Waals surface area (Å²) in [7, 11) is 0. The van der Waals surface area contributed by atoms with Gasteiger partial charge in [0.2, 0.25) is 0 Å². The number of carbonyl (C=O) groups is 1. The summed E-state index contributed by atoms with van der Waals surface area (Å²) in [6, 6.07) is 11.9. The van der Waals surface area contributed by atoms with Gasteiger partial charge in [-0.15, -0.1) is 11.3 Å². The molecule has 1 aliphatic heterocycles. The summed E-state index contributed by atoms with van der Waals surface area (Å²) in [5, 5.41) is 5.12. The third kappa shape index (κ3) is 4.99. The van der Waals surface area contributed by atoms with Crippen molar-refractivity contribution in [2.45, 2.75) is 32.2 Å². The summed E-state index contributed by atoms with van der Waals surface area (Å²) < 4.78 is 11.1. The number of benzene rings is 1. The molecule has 2 amide bonds. The third-order valence-electron chi connectivity index (χ3n) is 4.50. The van der Waals surface area contributed by atoms with Gasteiger partial charge in [0.15, 0.2) is 0 Å². The molecule has 1 saturated heterocycles. The van der Waals surface area contributed by atoms with Gasteiger partial charge >= 0.3 is 6.03 Å². The molecule has 2 aromatic rings. The van der Waals surface area contributed by atoms with Crippen molar-refractivity contribution in [3.63, 3.8) is 0 Å². The zero-order valence-corrected chi connectivity index (χ0v) is 16.0. The summed E-state index contributed by atoms with van der Waals surface area (Å²) >= 11 is 1.73. The maximum absolute atomic E-state index is 13.0. The van der Waals surface area contributed by atoms with Crippen LogP contribution in [-0.4, -0.2) is 43.3 Å². The number of hydrogen-bond donors (Lipinski definition) is 1. The molecular weight excluding hydrogens is 348 g/mol. The van der Waals surface area contributed by atoms with Gasteiger partial charge in [0, 0.05) is 30.7 Å². The Kier molecular flexibility index (Phi) is 6.91. The molecule has 3 rings (SSSR count). The summed E-state index contributed by atoms with van der Waals surface area (Å²) in [4.78, 5) is 16.3. The summed E-state index contributed by atoms with van der Waals surface area (Å²) in [5.74, 6) is 0.702. The third-order valence-corrected chi connectivity index (χ3v) is 5.44. The van der Waals surface area contributed by atoms with Crippen molar-refractivity contribution >= 4 is 23.1 Å². The van der Waals surface area contributed by atoms with Crippen LogP contribution in [0.25, 0.3) is 0 Å². The number of hydrogen-bond acceptors (Lipinski definition) is 4. The summed E-state index contributed by atoms with van der Waals surface area (Å²) in [6.07, 6.45) is 2.63. The topological polar surface area (TPSA) is 50.8 Å². The quantitative estimate of drug-likeness (QED) is 0.781. The highest BCUT2D eigenvalue weighted by atomic mass is 32.1. The highest BCUT2D eigenvalue weighted by Gasteiger charge is 2.26. The minimum absolute atomic E-state index is 0.0689. The first-order valence-corrected chi connectivity index (χ1v) is 10.1. The molecule has 5 nitrogen and oxygen atoms in total. The Hall–Kier alpha value is -2.05. The molecule has 1 aromatic carbocycles. The second-order valence-corrected chi connectivity index (χ2v) is 7.26. The van der Waals surface area contributed by atoms with Crippen LogP contribution in [-0.2, 0) is 11.2 Å². The van der Waals surface area contributed by atoms with E-state index >= 15 is 0 Å².